The van der Waals surface area contributed by atoms with Gasteiger partial charge in [0, 0.05) is 60.5 Å². The van der Waals surface area contributed by atoms with Crippen LogP contribution in [0.5, 0.6) is 28.9 Å². The maximum atomic E-state index is 14.4. The highest BCUT2D eigenvalue weighted by Gasteiger charge is 2.34. The van der Waals surface area contributed by atoms with E-state index in [4.69, 9.17) is 66.1 Å². The first-order valence-electron chi connectivity index (χ1n) is 23.9. The van der Waals surface area contributed by atoms with E-state index in [1.54, 1.807) is 30.5 Å². The number of aromatic nitrogens is 4. The lowest BCUT2D eigenvalue weighted by atomic mass is 9.92. The Balaban J connectivity index is 0.997. The minimum atomic E-state index is -1.22. The van der Waals surface area contributed by atoms with Gasteiger partial charge in [-0.3, -0.25) is 9.69 Å². The molecule has 0 radical (unpaired) electrons. The second-order valence-corrected chi connectivity index (χ2v) is 20.4. The summed E-state index contributed by atoms with van der Waals surface area (Å²) in [6.07, 6.45) is 1.17. The third kappa shape index (κ3) is 11.3. The molecule has 3 aromatic heterocycles. The van der Waals surface area contributed by atoms with Crippen molar-refractivity contribution in [1.29, 1.82) is 0 Å². The number of fused-ring (bicyclic) bond motifs is 7. The number of piperazine rings is 1. The normalized spacial score (nSPS) is 19.2. The molecular weight excluding hydrogens is 999 g/mol. The molecule has 7 heterocycles. The molecular formula is C54H53Cl2FN6O9S. The molecule has 0 saturated carbocycles. The molecule has 4 aliphatic rings. The molecule has 3 atom stereocenters. The predicted octanol–water partition coefficient (Wildman–Crippen LogP) is 10.2. The van der Waals surface area contributed by atoms with Crippen LogP contribution in [0.3, 0.4) is 0 Å². The summed E-state index contributed by atoms with van der Waals surface area (Å²) in [5.74, 6) is 1.60. The number of thiophene rings is 1. The quantitative estimate of drug-likeness (QED) is 0.107. The van der Waals surface area contributed by atoms with Crippen molar-refractivity contribution < 1.29 is 47.1 Å². The number of ether oxygens (including phenoxy) is 8. The Morgan fingerprint density at radius 1 is 0.863 bits per heavy atom. The maximum absolute atomic E-state index is 14.4. The molecule has 2 saturated heterocycles. The van der Waals surface area contributed by atoms with Gasteiger partial charge in [-0.2, -0.15) is 0 Å². The largest absolute Gasteiger partial charge is 0.491 e. The van der Waals surface area contributed by atoms with Crippen LogP contribution in [0.4, 0.5) is 4.39 Å². The molecule has 19 heteroatoms. The molecule has 15 nitrogen and oxygen atoms in total. The van der Waals surface area contributed by atoms with E-state index in [0.29, 0.717) is 109 Å². The van der Waals surface area contributed by atoms with Crippen molar-refractivity contribution in [2.75, 3.05) is 59.6 Å². The maximum Gasteiger partial charge on any atom is 0.296 e. The fourth-order valence-electron chi connectivity index (χ4n) is 9.18. The van der Waals surface area contributed by atoms with Gasteiger partial charge in [-0.05, 0) is 118 Å². The van der Waals surface area contributed by atoms with Crippen molar-refractivity contribution in [3.8, 4) is 61.8 Å². The van der Waals surface area contributed by atoms with Crippen LogP contribution >= 0.6 is 34.5 Å². The average Bonchev–Trinajstić information content (AvgIpc) is 3.96. The number of nitrogens with zero attached hydrogens (tertiary/aromatic N) is 6. The first-order chi connectivity index (χ1) is 35.3. The summed E-state index contributed by atoms with van der Waals surface area (Å²) in [4.78, 5) is 36.9. The summed E-state index contributed by atoms with van der Waals surface area (Å²) in [5.41, 5.74) is 5.44. The van der Waals surface area contributed by atoms with Crippen molar-refractivity contribution in [2.24, 2.45) is 0 Å². The van der Waals surface area contributed by atoms with E-state index < -0.39 is 18.2 Å². The summed E-state index contributed by atoms with van der Waals surface area (Å²) in [6, 6.07) is 21.0. The molecule has 0 aliphatic carbocycles. The summed E-state index contributed by atoms with van der Waals surface area (Å²) in [7, 11) is 2.11. The number of carbonyl (C=O) groups is 1. The van der Waals surface area contributed by atoms with E-state index in [2.05, 4.69) is 31.8 Å². The highest BCUT2D eigenvalue weighted by atomic mass is 35.5. The highest BCUT2D eigenvalue weighted by Crippen LogP contribution is 2.53. The summed E-state index contributed by atoms with van der Waals surface area (Å²) < 4.78 is 64.2. The zero-order valence-corrected chi connectivity index (χ0v) is 43.2. The van der Waals surface area contributed by atoms with E-state index in [1.165, 1.54) is 29.8 Å². The zero-order chi connectivity index (χ0) is 50.8. The summed E-state index contributed by atoms with van der Waals surface area (Å²) in [5, 5.41) is 1.15. The number of rotatable bonds is 12. The van der Waals surface area contributed by atoms with Gasteiger partial charge in [-0.15, -0.1) is 11.3 Å². The third-order valence-electron chi connectivity index (χ3n) is 13.0. The van der Waals surface area contributed by atoms with E-state index in [-0.39, 0.29) is 37.4 Å². The summed E-state index contributed by atoms with van der Waals surface area (Å²) in [6.45, 7) is 12.9. The Kier molecular flexibility index (Phi) is 15.0. The van der Waals surface area contributed by atoms with Crippen molar-refractivity contribution in [2.45, 2.75) is 65.0 Å². The second-order valence-electron chi connectivity index (χ2n) is 18.6. The van der Waals surface area contributed by atoms with E-state index in [1.807, 2.05) is 64.1 Å². The lowest BCUT2D eigenvalue weighted by Crippen LogP contribution is -2.49. The standard InChI is InChI=1S/C54H53Cl2FN6O9S/c1-31-44-32(2)48(56)49(47(31)55)70-40(24-63-20-18-62(5)19-21-63)26-66-39-14-15-42(67-25-37-16-17-58-51(61-37)34-8-12-38(13-9-34)65-27-41-28-69-54(3,4)72-41)35(22-39)23-43(68-30-64)71-52-46-45(44)50(73-53(46)60-29-59-52)33-6-10-36(57)11-7-33/h6-17,22,29-30,40-41,43H,18-21,23-28H2,1-5H3/t40-,41+,43-/m1/s1. The molecule has 7 aromatic rings. The molecule has 2 fully saturated rings. The Morgan fingerprint density at radius 3 is 2.34 bits per heavy atom. The van der Waals surface area contributed by atoms with Crippen molar-refractivity contribution in [3.63, 3.8) is 0 Å². The Bertz CT molecular complexity index is 3090. The van der Waals surface area contributed by atoms with Crippen molar-refractivity contribution in [3.05, 3.63) is 124 Å². The van der Waals surface area contributed by atoms with Gasteiger partial charge in [0.15, 0.2) is 17.4 Å². The van der Waals surface area contributed by atoms with Crippen LogP contribution < -0.4 is 23.7 Å². The lowest BCUT2D eigenvalue weighted by Gasteiger charge is -2.35. The van der Waals surface area contributed by atoms with Crippen LogP contribution in [0.2, 0.25) is 10.0 Å². The molecule has 0 amide bonds. The van der Waals surface area contributed by atoms with Gasteiger partial charge in [0.2, 0.25) is 12.2 Å². The fourth-order valence-corrected chi connectivity index (χ4v) is 10.8. The van der Waals surface area contributed by atoms with Crippen LogP contribution in [0.1, 0.15) is 36.2 Å². The van der Waals surface area contributed by atoms with Gasteiger partial charge in [0.05, 0.1) is 34.2 Å². The van der Waals surface area contributed by atoms with Gasteiger partial charge in [0.1, 0.15) is 66.3 Å². The third-order valence-corrected chi connectivity index (χ3v) is 15.0. The predicted molar refractivity (Wildman–Crippen MR) is 275 cm³/mol. The lowest BCUT2D eigenvalue weighted by molar-refractivity contribution is -0.147. The molecule has 0 N–H and O–H groups in total. The molecule has 11 rings (SSSR count). The van der Waals surface area contributed by atoms with Crippen molar-refractivity contribution in [1.82, 2.24) is 29.7 Å². The number of carbonyl (C=O) groups excluding carboxylic acids is 1. The van der Waals surface area contributed by atoms with Crippen LogP contribution in [-0.4, -0.2) is 120 Å². The molecule has 4 aliphatic heterocycles. The Hall–Kier alpha value is -6.18. The van der Waals surface area contributed by atoms with E-state index in [0.717, 1.165) is 42.2 Å². The number of likely N-dealkylation sites (N-methyl/N-ethyl adjacent to an activating group) is 1. The average molecular weight is 1050 g/mol. The second kappa shape index (κ2) is 21.7. The SMILES string of the molecule is Cc1c(Cl)c2c(Cl)c(C)c1-c1c(-c3ccc(F)cc3)sc3ncnc(c13)O[C@@H](OC=O)Cc1cc(ccc1OCc1ccnc(-c3ccc(OC[C@H]4COC(C)(C)O4)cc3)n1)OC[C@@H](CN1CCN(C)CC1)O2. The Morgan fingerprint density at radius 2 is 1.62 bits per heavy atom. The number of hydrogen-bond donors (Lipinski definition) is 0. The Labute approximate surface area is 436 Å². The van der Waals surface area contributed by atoms with Gasteiger partial charge in [0.25, 0.3) is 6.47 Å². The molecule has 0 spiro atoms. The fraction of sp³-hybridized carbons (Fsp3) is 0.352. The van der Waals surface area contributed by atoms with Gasteiger partial charge in [-0.25, -0.2) is 24.3 Å². The number of benzene rings is 4. The summed E-state index contributed by atoms with van der Waals surface area (Å²) >= 11 is 16.1. The molecule has 4 aromatic carbocycles. The topological polar surface area (TPSA) is 149 Å². The van der Waals surface area contributed by atoms with Gasteiger partial charge in [-0.1, -0.05) is 35.3 Å². The smallest absolute Gasteiger partial charge is 0.296 e. The van der Waals surface area contributed by atoms with Crippen molar-refractivity contribution >= 4 is 51.2 Å². The number of halogens is 3. The van der Waals surface area contributed by atoms with E-state index in [9.17, 15) is 9.18 Å². The van der Waals surface area contributed by atoms with Crippen LogP contribution in [0, 0.1) is 19.7 Å². The van der Waals surface area contributed by atoms with Crippen LogP contribution in [0.25, 0.3) is 43.2 Å². The van der Waals surface area contributed by atoms with Gasteiger partial charge >= 0.3 is 0 Å². The molecule has 73 heavy (non-hydrogen) atoms. The minimum Gasteiger partial charge on any atom is -0.491 e. The molecule has 0 unspecified atom stereocenters. The number of hydrogen-bond acceptors (Lipinski definition) is 16. The van der Waals surface area contributed by atoms with Crippen LogP contribution in [-0.2, 0) is 32.0 Å². The van der Waals surface area contributed by atoms with E-state index >= 15 is 0 Å². The first kappa shape index (κ1) is 50.4. The first-order valence-corrected chi connectivity index (χ1v) is 25.5. The highest BCUT2D eigenvalue weighted by molar-refractivity contribution is 7.22. The minimum absolute atomic E-state index is 0.00734. The zero-order valence-electron chi connectivity index (χ0n) is 40.9. The monoisotopic (exact) mass is 1050 g/mol. The molecule has 380 valence electrons. The molecule has 4 bridgehead atoms. The van der Waals surface area contributed by atoms with Crippen LogP contribution in [0.15, 0.2) is 85.3 Å². The van der Waals surface area contributed by atoms with Gasteiger partial charge < -0.3 is 42.8 Å².